The van der Waals surface area contributed by atoms with Crippen molar-refractivity contribution in [1.29, 1.82) is 0 Å². The number of hydrogen-bond acceptors (Lipinski definition) is 7. The first-order chi connectivity index (χ1) is 19.8. The second-order valence-electron chi connectivity index (χ2n) is 11.2. The lowest BCUT2D eigenvalue weighted by Crippen LogP contribution is -2.50. The zero-order valence-corrected chi connectivity index (χ0v) is 25.0. The van der Waals surface area contributed by atoms with Crippen LogP contribution in [0.3, 0.4) is 0 Å². The first kappa shape index (κ1) is 30.2. The summed E-state index contributed by atoms with van der Waals surface area (Å²) in [6.45, 7) is 4.42. The van der Waals surface area contributed by atoms with Crippen molar-refractivity contribution >= 4 is 24.0 Å². The van der Waals surface area contributed by atoms with E-state index in [2.05, 4.69) is 4.90 Å². The molecule has 5 atom stereocenters. The second-order valence-corrected chi connectivity index (χ2v) is 14.7. The number of nitrogens with zero attached hydrogens (tertiary/aromatic N) is 1. The van der Waals surface area contributed by atoms with Crippen molar-refractivity contribution < 1.29 is 29.4 Å². The summed E-state index contributed by atoms with van der Waals surface area (Å²) in [5.74, 6) is 0.352. The Morgan fingerprint density at radius 2 is 1.71 bits per heavy atom. The van der Waals surface area contributed by atoms with E-state index in [4.69, 9.17) is 21.1 Å². The van der Waals surface area contributed by atoms with Crippen molar-refractivity contribution in [3.05, 3.63) is 94.5 Å². The van der Waals surface area contributed by atoms with E-state index in [1.54, 1.807) is 13.0 Å². The average molecular weight is 600 g/mol. The molecule has 0 spiro atoms. The first-order valence-electron chi connectivity index (χ1n) is 14.3. The van der Waals surface area contributed by atoms with Crippen LogP contribution in [0.25, 0.3) is 0 Å². The molecular formula is C32H39ClNO6P. The van der Waals surface area contributed by atoms with Gasteiger partial charge in [0, 0.05) is 48.2 Å². The van der Waals surface area contributed by atoms with E-state index < -0.39 is 37.5 Å². The van der Waals surface area contributed by atoms with E-state index in [-0.39, 0.29) is 6.61 Å². The van der Waals surface area contributed by atoms with Crippen molar-refractivity contribution in [3.63, 3.8) is 0 Å². The lowest BCUT2D eigenvalue weighted by atomic mass is 9.84. The van der Waals surface area contributed by atoms with E-state index >= 15 is 0 Å². The van der Waals surface area contributed by atoms with Gasteiger partial charge in [0.1, 0.15) is 31.7 Å². The molecule has 220 valence electrons. The highest BCUT2D eigenvalue weighted by Crippen LogP contribution is 2.46. The molecule has 2 saturated heterocycles. The summed E-state index contributed by atoms with van der Waals surface area (Å²) in [7, 11) is -2.29. The molecule has 3 aromatic rings. The summed E-state index contributed by atoms with van der Waals surface area (Å²) in [5.41, 5.74) is 2.71. The van der Waals surface area contributed by atoms with E-state index in [1.165, 1.54) is 0 Å². The number of aliphatic hydroxyl groups excluding tert-OH is 3. The normalized spacial score (nSPS) is 26.5. The van der Waals surface area contributed by atoms with Gasteiger partial charge in [0.15, 0.2) is 0 Å². The number of ether oxygens (including phenoxy) is 2. The molecule has 3 N–H and O–H groups in total. The van der Waals surface area contributed by atoms with Crippen LogP contribution in [0.1, 0.15) is 29.7 Å². The molecule has 0 amide bonds. The molecule has 2 fully saturated rings. The summed E-state index contributed by atoms with van der Waals surface area (Å²) in [6.07, 6.45) is -1.24. The zero-order valence-electron chi connectivity index (χ0n) is 23.3. The number of aliphatic hydroxyl groups is 3. The van der Waals surface area contributed by atoms with Crippen LogP contribution in [-0.4, -0.2) is 83.7 Å². The Balaban J connectivity index is 1.13. The molecule has 5 rings (SSSR count). The monoisotopic (exact) mass is 599 g/mol. The maximum absolute atomic E-state index is 13.3. The van der Waals surface area contributed by atoms with Crippen LogP contribution < -0.4 is 10.0 Å². The fourth-order valence-corrected chi connectivity index (χ4v) is 8.58. The second kappa shape index (κ2) is 13.4. The van der Waals surface area contributed by atoms with Gasteiger partial charge in [-0.15, -0.1) is 0 Å². The molecule has 5 unspecified atom stereocenters. The maximum atomic E-state index is 13.3. The minimum atomic E-state index is -2.29. The standard InChI is InChI=1S/C32H39ClNO6P/c1-22-30(36)29(21-35)40-32(31(22)37)24-9-12-28(33)25(20-24)19-23-7-10-26(11-8-23)39-16-13-34-14-17-41(38,18-15-34)27-5-3-2-4-6-27/h2-12,20,22,29-32,35-37H,13-19,21H2,1H3. The SMILES string of the molecule is CC1C(O)C(CO)OC(c2ccc(Cl)c(Cc3ccc(OCCN4CCP(=O)(c5ccccc5)CC4)cc3)c2)C1O. The van der Waals surface area contributed by atoms with Gasteiger partial charge in [-0.2, -0.15) is 0 Å². The summed E-state index contributed by atoms with van der Waals surface area (Å²) >= 11 is 6.52. The topological polar surface area (TPSA) is 99.5 Å². The van der Waals surface area contributed by atoms with Crippen LogP contribution in [0.4, 0.5) is 0 Å². The lowest BCUT2D eigenvalue weighted by molar-refractivity contribution is -0.207. The fraction of sp³-hybridized carbons (Fsp3) is 0.438. The molecule has 0 saturated carbocycles. The van der Waals surface area contributed by atoms with Crippen molar-refractivity contribution in [2.45, 2.75) is 37.8 Å². The summed E-state index contributed by atoms with van der Waals surface area (Å²) in [5, 5.41) is 32.3. The van der Waals surface area contributed by atoms with Gasteiger partial charge in [-0.05, 0) is 41.3 Å². The zero-order chi connectivity index (χ0) is 29.0. The fourth-order valence-electron chi connectivity index (χ4n) is 5.73. The maximum Gasteiger partial charge on any atom is 0.119 e. The molecule has 0 bridgehead atoms. The average Bonchev–Trinajstić information content (AvgIpc) is 3.00. The molecule has 9 heteroatoms. The van der Waals surface area contributed by atoms with Crippen LogP contribution in [0.15, 0.2) is 72.8 Å². The first-order valence-corrected chi connectivity index (χ1v) is 16.7. The molecule has 2 aliphatic heterocycles. The van der Waals surface area contributed by atoms with Gasteiger partial charge >= 0.3 is 0 Å². The highest BCUT2D eigenvalue weighted by atomic mass is 35.5. The summed E-state index contributed by atoms with van der Waals surface area (Å²) in [4.78, 5) is 2.32. The molecule has 41 heavy (non-hydrogen) atoms. The van der Waals surface area contributed by atoms with E-state index in [1.807, 2.05) is 66.7 Å². The lowest BCUT2D eigenvalue weighted by Gasteiger charge is -2.41. The van der Waals surface area contributed by atoms with Crippen LogP contribution in [0.5, 0.6) is 5.75 Å². The van der Waals surface area contributed by atoms with Crippen molar-refractivity contribution in [3.8, 4) is 5.75 Å². The molecular weight excluding hydrogens is 561 g/mol. The Hall–Kier alpha value is -2.22. The molecule has 2 heterocycles. The van der Waals surface area contributed by atoms with Crippen LogP contribution in [0, 0.1) is 5.92 Å². The minimum absolute atomic E-state index is 0.321. The Bertz CT molecular complexity index is 1330. The molecule has 0 aliphatic carbocycles. The Morgan fingerprint density at radius 1 is 1.00 bits per heavy atom. The third-order valence-corrected chi connectivity index (χ3v) is 11.9. The smallest absolute Gasteiger partial charge is 0.119 e. The number of rotatable bonds is 9. The number of hydrogen-bond donors (Lipinski definition) is 3. The van der Waals surface area contributed by atoms with Crippen LogP contribution >= 0.6 is 18.7 Å². The molecule has 3 aromatic carbocycles. The largest absolute Gasteiger partial charge is 0.492 e. The Morgan fingerprint density at radius 3 is 2.39 bits per heavy atom. The number of halogens is 1. The van der Waals surface area contributed by atoms with E-state index in [9.17, 15) is 19.9 Å². The number of benzene rings is 3. The predicted octanol–water partition coefficient (Wildman–Crippen LogP) is 4.10. The van der Waals surface area contributed by atoms with Gasteiger partial charge in [0.25, 0.3) is 0 Å². The highest BCUT2D eigenvalue weighted by molar-refractivity contribution is 7.71. The van der Waals surface area contributed by atoms with Gasteiger partial charge in [-0.3, -0.25) is 4.90 Å². The third-order valence-electron chi connectivity index (χ3n) is 8.44. The van der Waals surface area contributed by atoms with Crippen LogP contribution in [-0.2, 0) is 15.7 Å². The van der Waals surface area contributed by atoms with E-state index in [0.29, 0.717) is 30.4 Å². The molecule has 7 nitrogen and oxygen atoms in total. The Labute approximate surface area is 247 Å². The van der Waals surface area contributed by atoms with Crippen LogP contribution in [0.2, 0.25) is 5.02 Å². The molecule has 2 aliphatic rings. The summed E-state index contributed by atoms with van der Waals surface area (Å²) in [6, 6.07) is 23.3. The molecule has 0 radical (unpaired) electrons. The van der Waals surface area contributed by atoms with Gasteiger partial charge in [-0.1, -0.05) is 73.1 Å². The van der Waals surface area contributed by atoms with Gasteiger partial charge in [0.2, 0.25) is 0 Å². The van der Waals surface area contributed by atoms with Crippen molar-refractivity contribution in [2.24, 2.45) is 5.92 Å². The predicted molar refractivity (Wildman–Crippen MR) is 162 cm³/mol. The Kier molecular flexibility index (Phi) is 9.88. The third kappa shape index (κ3) is 7.06. The molecule has 0 aromatic heterocycles. The minimum Gasteiger partial charge on any atom is -0.492 e. The summed E-state index contributed by atoms with van der Waals surface area (Å²) < 4.78 is 25.2. The van der Waals surface area contributed by atoms with Gasteiger partial charge in [0.05, 0.1) is 18.8 Å². The van der Waals surface area contributed by atoms with Crippen molar-refractivity contribution in [2.75, 3.05) is 45.2 Å². The van der Waals surface area contributed by atoms with Crippen molar-refractivity contribution in [1.82, 2.24) is 4.90 Å². The van der Waals surface area contributed by atoms with Gasteiger partial charge in [-0.25, -0.2) is 0 Å². The quantitative estimate of drug-likeness (QED) is 0.319. The van der Waals surface area contributed by atoms with Gasteiger partial charge < -0.3 is 29.4 Å². The highest BCUT2D eigenvalue weighted by Gasteiger charge is 2.42. The van der Waals surface area contributed by atoms with E-state index in [0.717, 1.165) is 47.4 Å².